The molecule has 0 spiro atoms. The molecule has 0 fully saturated rings. The summed E-state index contributed by atoms with van der Waals surface area (Å²) in [5.74, 6) is 5.85. The summed E-state index contributed by atoms with van der Waals surface area (Å²) >= 11 is 0. The van der Waals surface area contributed by atoms with Crippen molar-refractivity contribution in [2.24, 2.45) is 0 Å². The summed E-state index contributed by atoms with van der Waals surface area (Å²) in [5.41, 5.74) is 2.84. The van der Waals surface area contributed by atoms with Gasteiger partial charge in [0.25, 0.3) is 5.91 Å². The van der Waals surface area contributed by atoms with Gasteiger partial charge >= 0.3 is 0 Å². The van der Waals surface area contributed by atoms with Gasteiger partial charge in [-0.15, -0.1) is 0 Å². The molecule has 2 rings (SSSR count). The number of aliphatic hydroxyl groups excluding tert-OH is 1. The third-order valence-corrected chi connectivity index (χ3v) is 3.04. The lowest BCUT2D eigenvalue weighted by Crippen LogP contribution is -2.13. The average molecular weight is 283 g/mol. The zero-order valence-corrected chi connectivity index (χ0v) is 12.1. The number of carbonyl (C=O) groups excluding carboxylic acids is 1. The van der Waals surface area contributed by atoms with Gasteiger partial charge in [-0.1, -0.05) is 24.8 Å². The number of hydrogen-bond donors (Lipinski definition) is 2. The number of hydrogen-bond acceptors (Lipinski definition) is 3. The Labute approximate surface area is 123 Å². The number of furan rings is 1. The van der Waals surface area contributed by atoms with E-state index in [1.54, 1.807) is 6.07 Å². The van der Waals surface area contributed by atoms with Gasteiger partial charge in [-0.3, -0.25) is 4.79 Å². The summed E-state index contributed by atoms with van der Waals surface area (Å²) in [7, 11) is 0. The Morgan fingerprint density at radius 1 is 1.38 bits per heavy atom. The highest BCUT2D eigenvalue weighted by Crippen LogP contribution is 2.19. The number of nitrogens with one attached hydrogen (secondary N) is 1. The van der Waals surface area contributed by atoms with Crippen LogP contribution < -0.4 is 5.32 Å². The number of aryl methyl sites for hydroxylation is 2. The van der Waals surface area contributed by atoms with Gasteiger partial charge in [-0.2, -0.15) is 0 Å². The molecule has 1 amide bonds. The average Bonchev–Trinajstić information content (AvgIpc) is 2.95. The van der Waals surface area contributed by atoms with Crippen LogP contribution in [0.1, 0.15) is 34.2 Å². The second-order valence-electron chi connectivity index (χ2n) is 4.57. The zero-order valence-electron chi connectivity index (χ0n) is 12.1. The molecule has 0 unspecified atom stereocenters. The van der Waals surface area contributed by atoms with Crippen molar-refractivity contribution in [1.29, 1.82) is 0 Å². The molecular formula is C17H17NO3. The van der Waals surface area contributed by atoms with Crippen LogP contribution >= 0.6 is 0 Å². The number of aliphatic hydroxyl groups is 1. The van der Waals surface area contributed by atoms with Crippen molar-refractivity contribution < 1.29 is 14.3 Å². The topological polar surface area (TPSA) is 62.5 Å². The van der Waals surface area contributed by atoms with Gasteiger partial charge in [0.05, 0.1) is 17.5 Å². The third kappa shape index (κ3) is 3.53. The first-order chi connectivity index (χ1) is 10.2. The summed E-state index contributed by atoms with van der Waals surface area (Å²) in [6, 6.07) is 7.24. The molecule has 0 saturated heterocycles. The van der Waals surface area contributed by atoms with Gasteiger partial charge in [0.2, 0.25) is 0 Å². The van der Waals surface area contributed by atoms with E-state index in [1.807, 2.05) is 32.0 Å². The molecular weight excluding hydrogens is 266 g/mol. The summed E-state index contributed by atoms with van der Waals surface area (Å²) < 4.78 is 5.27. The normalized spacial score (nSPS) is 9.86. The van der Waals surface area contributed by atoms with E-state index in [0.29, 0.717) is 29.0 Å². The number of rotatable bonds is 3. The molecule has 2 aromatic rings. The Bertz CT molecular complexity index is 704. The van der Waals surface area contributed by atoms with Crippen molar-refractivity contribution in [3.8, 4) is 11.8 Å². The fourth-order valence-corrected chi connectivity index (χ4v) is 2.01. The summed E-state index contributed by atoms with van der Waals surface area (Å²) in [5, 5.41) is 11.7. The molecule has 0 saturated carbocycles. The zero-order chi connectivity index (χ0) is 15.2. The van der Waals surface area contributed by atoms with E-state index in [9.17, 15) is 4.79 Å². The van der Waals surface area contributed by atoms with Crippen LogP contribution in [0.2, 0.25) is 0 Å². The van der Waals surface area contributed by atoms with Crippen molar-refractivity contribution >= 4 is 11.6 Å². The first kappa shape index (κ1) is 14.9. The molecule has 21 heavy (non-hydrogen) atoms. The lowest BCUT2D eigenvalue weighted by molar-refractivity contribution is 0.102. The molecule has 0 radical (unpaired) electrons. The quantitative estimate of drug-likeness (QED) is 0.851. The lowest BCUT2D eigenvalue weighted by Gasteiger charge is -2.08. The van der Waals surface area contributed by atoms with Gasteiger partial charge in [-0.05, 0) is 30.7 Å². The summed E-state index contributed by atoms with van der Waals surface area (Å²) in [6.07, 6.45) is 2.16. The minimum Gasteiger partial charge on any atom is -0.469 e. The van der Waals surface area contributed by atoms with E-state index >= 15 is 0 Å². The molecule has 0 aliphatic carbocycles. The lowest BCUT2D eigenvalue weighted by atomic mass is 10.1. The second-order valence-corrected chi connectivity index (χ2v) is 4.57. The monoisotopic (exact) mass is 283 g/mol. The molecule has 0 bridgehead atoms. The Morgan fingerprint density at radius 3 is 2.90 bits per heavy atom. The Kier molecular flexibility index (Phi) is 4.81. The van der Waals surface area contributed by atoms with Crippen LogP contribution in [-0.2, 0) is 6.42 Å². The maximum absolute atomic E-state index is 12.3. The van der Waals surface area contributed by atoms with Crippen LogP contribution in [0.5, 0.6) is 0 Å². The SMILES string of the molecule is CCc1occc1C(=O)Nc1cc(C)ccc1C#CCO. The molecule has 0 atom stereocenters. The largest absolute Gasteiger partial charge is 0.469 e. The summed E-state index contributed by atoms with van der Waals surface area (Å²) in [6.45, 7) is 3.65. The third-order valence-electron chi connectivity index (χ3n) is 3.04. The van der Waals surface area contributed by atoms with Crippen LogP contribution in [-0.4, -0.2) is 17.6 Å². The smallest absolute Gasteiger partial charge is 0.259 e. The van der Waals surface area contributed by atoms with Crippen molar-refractivity contribution in [3.63, 3.8) is 0 Å². The number of benzene rings is 1. The predicted molar refractivity (Wildman–Crippen MR) is 81.2 cm³/mol. The number of amides is 1. The van der Waals surface area contributed by atoms with Crippen molar-refractivity contribution in [3.05, 3.63) is 53.0 Å². The van der Waals surface area contributed by atoms with Crippen LogP contribution in [0.25, 0.3) is 0 Å². The summed E-state index contributed by atoms with van der Waals surface area (Å²) in [4.78, 5) is 12.3. The highest BCUT2D eigenvalue weighted by atomic mass is 16.3. The molecule has 0 aliphatic heterocycles. The highest BCUT2D eigenvalue weighted by molar-refractivity contribution is 6.05. The highest BCUT2D eigenvalue weighted by Gasteiger charge is 2.14. The van der Waals surface area contributed by atoms with Gasteiger partial charge in [0.15, 0.2) is 0 Å². The van der Waals surface area contributed by atoms with Gasteiger partial charge in [-0.25, -0.2) is 0 Å². The number of anilines is 1. The Morgan fingerprint density at radius 2 is 2.19 bits per heavy atom. The minimum atomic E-state index is -0.224. The van der Waals surface area contributed by atoms with Gasteiger partial charge in [0.1, 0.15) is 12.4 Å². The minimum absolute atomic E-state index is 0.219. The van der Waals surface area contributed by atoms with E-state index in [1.165, 1.54) is 6.26 Å². The van der Waals surface area contributed by atoms with E-state index in [0.717, 1.165) is 5.56 Å². The fraction of sp³-hybridized carbons (Fsp3) is 0.235. The first-order valence-electron chi connectivity index (χ1n) is 6.73. The van der Waals surface area contributed by atoms with E-state index in [4.69, 9.17) is 9.52 Å². The van der Waals surface area contributed by atoms with Gasteiger partial charge < -0.3 is 14.8 Å². The second kappa shape index (κ2) is 6.78. The Balaban J connectivity index is 2.30. The molecule has 2 N–H and O–H groups in total. The maximum atomic E-state index is 12.3. The van der Waals surface area contributed by atoms with Crippen LogP contribution in [0.4, 0.5) is 5.69 Å². The molecule has 0 aliphatic rings. The molecule has 1 aromatic heterocycles. The molecule has 108 valence electrons. The van der Waals surface area contributed by atoms with Crippen molar-refractivity contribution in [1.82, 2.24) is 0 Å². The Hall–Kier alpha value is -2.51. The van der Waals surface area contributed by atoms with Crippen LogP contribution in [0.3, 0.4) is 0 Å². The van der Waals surface area contributed by atoms with E-state index < -0.39 is 0 Å². The van der Waals surface area contributed by atoms with Crippen LogP contribution in [0.15, 0.2) is 34.9 Å². The number of carbonyl (C=O) groups is 1. The van der Waals surface area contributed by atoms with Crippen molar-refractivity contribution in [2.75, 3.05) is 11.9 Å². The van der Waals surface area contributed by atoms with E-state index in [2.05, 4.69) is 17.2 Å². The van der Waals surface area contributed by atoms with E-state index in [-0.39, 0.29) is 12.5 Å². The molecule has 1 aromatic carbocycles. The molecule has 4 heteroatoms. The first-order valence-corrected chi connectivity index (χ1v) is 6.73. The standard InChI is InChI=1S/C17H17NO3/c1-3-16-14(8-10-21-16)17(20)18-15-11-12(2)6-7-13(15)5-4-9-19/h6-8,10-11,19H,3,9H2,1-2H3,(H,18,20). The predicted octanol–water partition coefficient (Wildman–Crippen LogP) is 2.75. The molecule has 1 heterocycles. The van der Waals surface area contributed by atoms with Crippen molar-refractivity contribution in [2.45, 2.75) is 20.3 Å². The fourth-order valence-electron chi connectivity index (χ4n) is 2.01. The van der Waals surface area contributed by atoms with Gasteiger partial charge in [0, 0.05) is 12.0 Å². The molecule has 4 nitrogen and oxygen atoms in total. The maximum Gasteiger partial charge on any atom is 0.259 e. The van der Waals surface area contributed by atoms with Crippen LogP contribution in [0, 0.1) is 18.8 Å².